The Morgan fingerprint density at radius 2 is 2.24 bits per heavy atom. The fourth-order valence-corrected chi connectivity index (χ4v) is 2.61. The quantitative estimate of drug-likeness (QED) is 0.770. The predicted molar refractivity (Wildman–Crippen MR) is 80.0 cm³/mol. The Hall–Kier alpha value is -1.60. The summed E-state index contributed by atoms with van der Waals surface area (Å²) in [6.07, 6.45) is 0.265. The van der Waals surface area contributed by atoms with E-state index in [0.29, 0.717) is 6.61 Å². The van der Waals surface area contributed by atoms with Crippen molar-refractivity contribution >= 4 is 27.9 Å². The number of carboxylic acids is 1. The van der Waals surface area contributed by atoms with Gasteiger partial charge in [0.2, 0.25) is 0 Å². The maximum atomic E-state index is 12.0. The van der Waals surface area contributed by atoms with E-state index in [-0.39, 0.29) is 19.1 Å². The summed E-state index contributed by atoms with van der Waals surface area (Å²) in [4.78, 5) is 23.4. The topological polar surface area (TPSA) is 87.7 Å². The van der Waals surface area contributed by atoms with Crippen molar-refractivity contribution in [1.82, 2.24) is 10.6 Å². The fraction of sp³-hybridized carbons (Fsp3) is 0.429. The van der Waals surface area contributed by atoms with E-state index in [1.54, 1.807) is 0 Å². The van der Waals surface area contributed by atoms with Crippen LogP contribution in [0.4, 0.5) is 4.79 Å². The van der Waals surface area contributed by atoms with Crippen molar-refractivity contribution in [3.05, 3.63) is 34.3 Å². The lowest BCUT2D eigenvalue weighted by Crippen LogP contribution is -2.57. The summed E-state index contributed by atoms with van der Waals surface area (Å²) < 4.78 is 6.02. The minimum Gasteiger partial charge on any atom is -0.479 e. The first-order valence-electron chi connectivity index (χ1n) is 6.58. The van der Waals surface area contributed by atoms with Crippen LogP contribution in [-0.2, 0) is 9.53 Å². The van der Waals surface area contributed by atoms with Gasteiger partial charge in [-0.05, 0) is 24.6 Å². The molecule has 1 fully saturated rings. The van der Waals surface area contributed by atoms with Crippen LogP contribution in [0, 0.1) is 0 Å². The van der Waals surface area contributed by atoms with E-state index in [0.717, 1.165) is 10.0 Å². The number of carbonyl (C=O) groups excluding carboxylic acids is 1. The zero-order valence-corrected chi connectivity index (χ0v) is 13.1. The number of ether oxygens (including phenoxy) is 1. The number of hydrogen-bond acceptors (Lipinski definition) is 3. The van der Waals surface area contributed by atoms with Crippen molar-refractivity contribution in [2.45, 2.75) is 24.9 Å². The van der Waals surface area contributed by atoms with E-state index in [4.69, 9.17) is 4.74 Å². The molecular weight excluding hydrogens is 340 g/mol. The molecule has 1 heterocycles. The van der Waals surface area contributed by atoms with Crippen LogP contribution in [0.15, 0.2) is 28.7 Å². The average molecular weight is 357 g/mol. The number of rotatable bonds is 4. The van der Waals surface area contributed by atoms with Gasteiger partial charge in [-0.1, -0.05) is 28.1 Å². The number of amides is 2. The standard InChI is InChI=1S/C14H17BrN2O4/c1-9(10-3-2-4-11(15)7-10)16-13(20)17-14(12(18)19)5-6-21-8-14/h2-4,7,9H,5-6,8H2,1H3,(H,18,19)(H2,16,17,20). The number of carbonyl (C=O) groups is 2. The summed E-state index contributed by atoms with van der Waals surface area (Å²) in [5.41, 5.74) is -0.410. The lowest BCUT2D eigenvalue weighted by molar-refractivity contribution is -0.144. The first-order chi connectivity index (χ1) is 9.93. The molecule has 2 atom stereocenters. The molecule has 114 valence electrons. The van der Waals surface area contributed by atoms with Gasteiger partial charge in [0.15, 0.2) is 5.54 Å². The molecule has 0 bridgehead atoms. The highest BCUT2D eigenvalue weighted by Crippen LogP contribution is 2.20. The highest BCUT2D eigenvalue weighted by molar-refractivity contribution is 9.10. The van der Waals surface area contributed by atoms with Crippen LogP contribution in [0.25, 0.3) is 0 Å². The molecule has 2 amide bonds. The van der Waals surface area contributed by atoms with Crippen molar-refractivity contribution < 1.29 is 19.4 Å². The molecule has 1 aromatic rings. The molecule has 1 saturated heterocycles. The number of urea groups is 1. The van der Waals surface area contributed by atoms with Crippen LogP contribution >= 0.6 is 15.9 Å². The Bertz CT molecular complexity index is 544. The maximum Gasteiger partial charge on any atom is 0.332 e. The molecule has 0 aromatic heterocycles. The van der Waals surface area contributed by atoms with Gasteiger partial charge < -0.3 is 20.5 Å². The second-order valence-corrected chi connectivity index (χ2v) is 5.98. The summed E-state index contributed by atoms with van der Waals surface area (Å²) in [7, 11) is 0. The number of nitrogens with one attached hydrogen (secondary N) is 2. The molecule has 7 heteroatoms. The van der Waals surface area contributed by atoms with E-state index in [2.05, 4.69) is 26.6 Å². The lowest BCUT2D eigenvalue weighted by Gasteiger charge is -2.25. The molecule has 0 radical (unpaired) electrons. The molecule has 0 saturated carbocycles. The van der Waals surface area contributed by atoms with Crippen molar-refractivity contribution in [1.29, 1.82) is 0 Å². The average Bonchev–Trinajstić information content (AvgIpc) is 2.88. The van der Waals surface area contributed by atoms with Crippen molar-refractivity contribution in [3.8, 4) is 0 Å². The van der Waals surface area contributed by atoms with Gasteiger partial charge in [0.25, 0.3) is 0 Å². The largest absolute Gasteiger partial charge is 0.479 e. The molecule has 1 aromatic carbocycles. The summed E-state index contributed by atoms with van der Waals surface area (Å²) in [5.74, 6) is -1.08. The van der Waals surface area contributed by atoms with Gasteiger partial charge in [-0.3, -0.25) is 0 Å². The molecule has 0 spiro atoms. The minimum absolute atomic E-state index is 0.0129. The molecule has 1 aliphatic rings. The highest BCUT2D eigenvalue weighted by Gasteiger charge is 2.44. The maximum absolute atomic E-state index is 12.0. The van der Waals surface area contributed by atoms with Gasteiger partial charge in [0.05, 0.1) is 12.6 Å². The van der Waals surface area contributed by atoms with Crippen molar-refractivity contribution in [2.24, 2.45) is 0 Å². The Morgan fingerprint density at radius 1 is 1.48 bits per heavy atom. The van der Waals surface area contributed by atoms with E-state index in [1.807, 2.05) is 31.2 Å². The van der Waals surface area contributed by atoms with E-state index in [9.17, 15) is 14.7 Å². The van der Waals surface area contributed by atoms with Crippen LogP contribution in [0.2, 0.25) is 0 Å². The van der Waals surface area contributed by atoms with Crippen molar-refractivity contribution in [2.75, 3.05) is 13.2 Å². The number of halogens is 1. The third-order valence-electron chi connectivity index (χ3n) is 3.48. The van der Waals surface area contributed by atoms with Gasteiger partial charge in [-0.2, -0.15) is 0 Å². The smallest absolute Gasteiger partial charge is 0.332 e. The molecule has 21 heavy (non-hydrogen) atoms. The van der Waals surface area contributed by atoms with Gasteiger partial charge in [-0.25, -0.2) is 9.59 Å². The summed E-state index contributed by atoms with van der Waals surface area (Å²) >= 11 is 3.37. The molecule has 1 aliphatic heterocycles. The second kappa shape index (κ2) is 6.44. The lowest BCUT2D eigenvalue weighted by atomic mass is 9.99. The molecule has 2 unspecified atom stereocenters. The Kier molecular flexibility index (Phi) is 4.84. The van der Waals surface area contributed by atoms with E-state index >= 15 is 0 Å². The monoisotopic (exact) mass is 356 g/mol. The number of hydrogen-bond donors (Lipinski definition) is 3. The Balaban J connectivity index is 1.99. The zero-order valence-electron chi connectivity index (χ0n) is 11.6. The van der Waals surface area contributed by atoms with Gasteiger partial charge in [0.1, 0.15) is 0 Å². The first kappa shape index (κ1) is 15.8. The minimum atomic E-state index is -1.33. The third-order valence-corrected chi connectivity index (χ3v) is 3.97. The van der Waals surface area contributed by atoms with Crippen LogP contribution in [0.3, 0.4) is 0 Å². The summed E-state index contributed by atoms with van der Waals surface area (Å²) in [6, 6.07) is 6.80. The third kappa shape index (κ3) is 3.74. The number of benzene rings is 1. The highest BCUT2D eigenvalue weighted by atomic mass is 79.9. The van der Waals surface area contributed by atoms with Crippen molar-refractivity contribution in [3.63, 3.8) is 0 Å². The fourth-order valence-electron chi connectivity index (χ4n) is 2.20. The Morgan fingerprint density at radius 3 is 2.81 bits per heavy atom. The van der Waals surface area contributed by atoms with Crippen LogP contribution < -0.4 is 10.6 Å². The van der Waals surface area contributed by atoms with E-state index < -0.39 is 17.5 Å². The van der Waals surface area contributed by atoms with Gasteiger partial charge >= 0.3 is 12.0 Å². The molecule has 3 N–H and O–H groups in total. The number of carboxylic acid groups (broad SMARTS) is 1. The molecule has 0 aliphatic carbocycles. The predicted octanol–water partition coefficient (Wildman–Crippen LogP) is 2.05. The van der Waals surface area contributed by atoms with Gasteiger partial charge in [-0.15, -0.1) is 0 Å². The van der Waals surface area contributed by atoms with Crippen LogP contribution in [0.5, 0.6) is 0 Å². The SMILES string of the molecule is CC(NC(=O)NC1(C(=O)O)CCOC1)c1cccc(Br)c1. The van der Waals surface area contributed by atoms with Gasteiger partial charge in [0, 0.05) is 17.5 Å². The summed E-state index contributed by atoms with van der Waals surface area (Å²) in [5, 5.41) is 14.5. The zero-order chi connectivity index (χ0) is 15.5. The molecular formula is C14H17BrN2O4. The second-order valence-electron chi connectivity index (χ2n) is 5.07. The van der Waals surface area contributed by atoms with Crippen LogP contribution in [0.1, 0.15) is 24.9 Å². The first-order valence-corrected chi connectivity index (χ1v) is 7.37. The van der Waals surface area contributed by atoms with E-state index in [1.165, 1.54) is 0 Å². The molecule has 2 rings (SSSR count). The number of aliphatic carboxylic acids is 1. The molecule has 6 nitrogen and oxygen atoms in total. The summed E-state index contributed by atoms with van der Waals surface area (Å²) in [6.45, 7) is 2.15. The normalized spacial score (nSPS) is 22.6. The van der Waals surface area contributed by atoms with Crippen LogP contribution in [-0.4, -0.2) is 35.9 Å². The Labute approximate surface area is 131 Å².